The van der Waals surface area contributed by atoms with Gasteiger partial charge in [0.25, 0.3) is 5.91 Å². The minimum Gasteiger partial charge on any atom is -0.457 e. The second-order valence-electron chi connectivity index (χ2n) is 12.0. The molecule has 1 aliphatic heterocycles. The summed E-state index contributed by atoms with van der Waals surface area (Å²) in [6, 6.07) is 20.9. The number of anilines is 1. The number of pyridine rings is 1. The fraction of sp³-hybridized carbons (Fsp3) is 0.250. The van der Waals surface area contributed by atoms with Gasteiger partial charge in [0.05, 0.1) is 24.0 Å². The first-order valence-corrected chi connectivity index (χ1v) is 15.6. The summed E-state index contributed by atoms with van der Waals surface area (Å²) in [5, 5.41) is 15.3. The predicted molar refractivity (Wildman–Crippen MR) is 180 cm³/mol. The Morgan fingerprint density at radius 3 is 2.60 bits per heavy atom. The second kappa shape index (κ2) is 13.1. The van der Waals surface area contributed by atoms with Crippen molar-refractivity contribution in [1.82, 2.24) is 29.1 Å². The van der Waals surface area contributed by atoms with Crippen LogP contribution in [0.5, 0.6) is 11.5 Å². The van der Waals surface area contributed by atoms with Crippen LogP contribution in [0.2, 0.25) is 0 Å². The zero-order chi connectivity index (χ0) is 34.0. The van der Waals surface area contributed by atoms with Gasteiger partial charge in [0.1, 0.15) is 40.5 Å². The van der Waals surface area contributed by atoms with Crippen molar-refractivity contribution >= 4 is 28.5 Å². The summed E-state index contributed by atoms with van der Waals surface area (Å²) in [4.78, 5) is 34.3. The molecule has 0 saturated carbocycles. The molecular formula is C36H35FN8O3. The van der Waals surface area contributed by atoms with Crippen molar-refractivity contribution < 1.29 is 18.7 Å². The lowest BCUT2D eigenvalue weighted by Crippen LogP contribution is -2.56. The van der Waals surface area contributed by atoms with E-state index in [1.807, 2.05) is 43.9 Å². The molecule has 2 aromatic carbocycles. The molecule has 5 aromatic rings. The Labute approximate surface area is 277 Å². The molecule has 0 aliphatic carbocycles. The Kier molecular flexibility index (Phi) is 8.80. The van der Waals surface area contributed by atoms with E-state index in [9.17, 15) is 14.9 Å². The molecule has 3 aromatic heterocycles. The highest BCUT2D eigenvalue weighted by molar-refractivity contribution is 6.01. The van der Waals surface area contributed by atoms with Gasteiger partial charge >= 0.3 is 0 Å². The number of benzene rings is 2. The number of carbonyl (C=O) groups excluding carboxylic acids is 2. The predicted octanol–water partition coefficient (Wildman–Crippen LogP) is 5.49. The summed E-state index contributed by atoms with van der Waals surface area (Å²) < 4.78 is 24.4. The highest BCUT2D eigenvalue weighted by atomic mass is 19.1. The summed E-state index contributed by atoms with van der Waals surface area (Å²) in [5.41, 5.74) is 7.16. The van der Waals surface area contributed by atoms with E-state index in [1.165, 1.54) is 10.6 Å². The maximum atomic E-state index is 15.6. The van der Waals surface area contributed by atoms with E-state index in [1.54, 1.807) is 70.5 Å². The number of amides is 1. The van der Waals surface area contributed by atoms with Gasteiger partial charge in [-0.1, -0.05) is 18.2 Å². The third-order valence-electron chi connectivity index (χ3n) is 8.60. The Balaban J connectivity index is 1.29. The van der Waals surface area contributed by atoms with Gasteiger partial charge in [-0.15, -0.1) is 0 Å². The number of rotatable bonds is 9. The van der Waals surface area contributed by atoms with Crippen molar-refractivity contribution in [3.63, 3.8) is 0 Å². The number of allylic oxidation sites excluding steroid dienone is 1. The number of likely N-dealkylation sites (N-methyl/N-ethyl adjacent to an activating group) is 1. The van der Waals surface area contributed by atoms with E-state index in [2.05, 4.69) is 11.1 Å². The van der Waals surface area contributed by atoms with E-state index < -0.39 is 17.3 Å². The summed E-state index contributed by atoms with van der Waals surface area (Å²) in [6.45, 7) is 7.89. The van der Waals surface area contributed by atoms with Gasteiger partial charge in [-0.05, 0) is 69.3 Å². The lowest BCUT2D eigenvalue weighted by molar-refractivity contribution is -0.137. The van der Waals surface area contributed by atoms with Gasteiger partial charge in [0, 0.05) is 54.9 Å². The average Bonchev–Trinajstić information content (AvgIpc) is 3.69. The first-order chi connectivity index (χ1) is 23.1. The van der Waals surface area contributed by atoms with Gasteiger partial charge in [0.15, 0.2) is 0 Å². The van der Waals surface area contributed by atoms with Gasteiger partial charge < -0.3 is 15.4 Å². The van der Waals surface area contributed by atoms with Crippen LogP contribution in [-0.4, -0.2) is 72.7 Å². The molecule has 1 aliphatic rings. The molecule has 4 heterocycles. The van der Waals surface area contributed by atoms with Crippen LogP contribution < -0.4 is 10.5 Å². The molecule has 1 amide bonds. The lowest BCUT2D eigenvalue weighted by Gasteiger charge is -2.42. The van der Waals surface area contributed by atoms with E-state index in [0.29, 0.717) is 53.4 Å². The molecule has 12 heteroatoms. The van der Waals surface area contributed by atoms with Gasteiger partial charge in [-0.3, -0.25) is 23.7 Å². The SMILES string of the molecule is CCN1CCN(C(C)(C)C=C(C#N)C(=O)n2cccc2Cn2nc(-c3ccc(Oc4ccccc4)cc3F)c3c(N)nccc32)CC1=O. The van der Waals surface area contributed by atoms with Crippen LogP contribution in [0.3, 0.4) is 0 Å². The topological polar surface area (TPSA) is 135 Å². The number of hydrogen-bond acceptors (Lipinski definition) is 8. The fourth-order valence-electron chi connectivity index (χ4n) is 5.98. The Hall–Kier alpha value is -5.80. The van der Waals surface area contributed by atoms with Crippen molar-refractivity contribution in [3.8, 4) is 28.8 Å². The maximum Gasteiger partial charge on any atom is 0.272 e. The normalized spacial score (nSPS) is 14.4. The van der Waals surface area contributed by atoms with Gasteiger partial charge in [0.2, 0.25) is 5.91 Å². The molecule has 1 saturated heterocycles. The van der Waals surface area contributed by atoms with Crippen LogP contribution in [0.15, 0.2) is 90.8 Å². The molecule has 244 valence electrons. The number of carbonyl (C=O) groups is 2. The molecule has 0 bridgehead atoms. The van der Waals surface area contributed by atoms with Crippen molar-refractivity contribution in [3.05, 3.63) is 102 Å². The first kappa shape index (κ1) is 32.2. The number of aromatic nitrogens is 4. The van der Waals surface area contributed by atoms with Crippen molar-refractivity contribution in [2.24, 2.45) is 0 Å². The van der Waals surface area contributed by atoms with E-state index in [0.717, 1.165) is 0 Å². The quantitative estimate of drug-likeness (QED) is 0.164. The van der Waals surface area contributed by atoms with Crippen LogP contribution >= 0.6 is 0 Å². The zero-order valence-electron chi connectivity index (χ0n) is 26.9. The number of nitrogen functional groups attached to an aromatic ring is 1. The van der Waals surface area contributed by atoms with Crippen LogP contribution in [0.25, 0.3) is 22.2 Å². The zero-order valence-corrected chi connectivity index (χ0v) is 26.9. The van der Waals surface area contributed by atoms with Crippen LogP contribution in [0, 0.1) is 17.1 Å². The number of piperazine rings is 1. The molecule has 6 rings (SSSR count). The average molecular weight is 647 g/mol. The molecule has 0 unspecified atom stereocenters. The fourth-order valence-corrected chi connectivity index (χ4v) is 5.98. The third-order valence-corrected chi connectivity index (χ3v) is 8.60. The van der Waals surface area contributed by atoms with E-state index in [4.69, 9.17) is 15.6 Å². The van der Waals surface area contributed by atoms with Crippen LogP contribution in [0.4, 0.5) is 10.2 Å². The highest BCUT2D eigenvalue weighted by Crippen LogP contribution is 2.35. The van der Waals surface area contributed by atoms with E-state index in [-0.39, 0.29) is 36.0 Å². The Morgan fingerprint density at radius 1 is 1.10 bits per heavy atom. The van der Waals surface area contributed by atoms with Gasteiger partial charge in [-0.2, -0.15) is 10.4 Å². The largest absolute Gasteiger partial charge is 0.457 e. The van der Waals surface area contributed by atoms with Crippen LogP contribution in [0.1, 0.15) is 31.3 Å². The monoisotopic (exact) mass is 646 g/mol. The minimum atomic E-state index is -0.729. The molecule has 1 fully saturated rings. The van der Waals surface area contributed by atoms with Crippen molar-refractivity contribution in [2.75, 3.05) is 31.9 Å². The third kappa shape index (κ3) is 6.28. The van der Waals surface area contributed by atoms with Crippen molar-refractivity contribution in [2.45, 2.75) is 32.9 Å². The number of nitriles is 1. The molecule has 2 N–H and O–H groups in total. The molecule has 11 nitrogen and oxygen atoms in total. The number of para-hydroxylation sites is 1. The first-order valence-electron chi connectivity index (χ1n) is 15.6. The summed E-state index contributed by atoms with van der Waals surface area (Å²) >= 11 is 0. The molecular weight excluding hydrogens is 611 g/mol. The maximum absolute atomic E-state index is 15.6. The summed E-state index contributed by atoms with van der Waals surface area (Å²) in [6.07, 6.45) is 4.75. The number of nitrogens with two attached hydrogens (primary N) is 1. The lowest BCUT2D eigenvalue weighted by atomic mass is 9.97. The molecule has 0 atom stereocenters. The Morgan fingerprint density at radius 2 is 1.90 bits per heavy atom. The molecule has 0 radical (unpaired) electrons. The van der Waals surface area contributed by atoms with Crippen molar-refractivity contribution in [1.29, 1.82) is 5.26 Å². The Bertz CT molecular complexity index is 2080. The van der Waals surface area contributed by atoms with Gasteiger partial charge in [-0.25, -0.2) is 9.37 Å². The number of fused-ring (bicyclic) bond motifs is 1. The number of halogens is 1. The van der Waals surface area contributed by atoms with E-state index >= 15 is 4.39 Å². The number of nitrogens with zero attached hydrogens (tertiary/aromatic N) is 7. The molecule has 48 heavy (non-hydrogen) atoms. The standard InChI is InChI=1S/C36H35FN8O3/c1-4-42-17-18-43(23-31(42)46)36(2,3)20-24(21-38)35(47)44-16-8-9-25(44)22-45-30-14-15-40-34(39)32(30)33(41-45)28-13-12-27(19-29(28)37)48-26-10-6-5-7-11-26/h5-16,19-20H,4,17-18,22-23H2,1-3H3,(H2,39,40). The highest BCUT2D eigenvalue weighted by Gasteiger charge is 2.33. The number of ether oxygens (including phenoxy) is 1. The smallest absolute Gasteiger partial charge is 0.272 e. The summed E-state index contributed by atoms with van der Waals surface area (Å²) in [5.74, 6) is 0.0318. The molecule has 0 spiro atoms. The second-order valence-corrected chi connectivity index (χ2v) is 12.0. The minimum absolute atomic E-state index is 0.0146. The summed E-state index contributed by atoms with van der Waals surface area (Å²) in [7, 11) is 0. The number of hydrogen-bond donors (Lipinski definition) is 1. The van der Waals surface area contributed by atoms with Crippen LogP contribution in [-0.2, 0) is 11.3 Å².